The molecule has 0 spiro atoms. The van der Waals surface area contributed by atoms with Gasteiger partial charge in [0.15, 0.2) is 0 Å². The molecule has 0 fully saturated rings. The van der Waals surface area contributed by atoms with Crippen molar-refractivity contribution in [2.24, 2.45) is 5.73 Å². The van der Waals surface area contributed by atoms with Crippen LogP contribution >= 0.6 is 22.7 Å². The Morgan fingerprint density at radius 1 is 1.39 bits per heavy atom. The molecule has 0 saturated heterocycles. The Morgan fingerprint density at radius 3 is 2.89 bits per heavy atom. The summed E-state index contributed by atoms with van der Waals surface area (Å²) in [6.07, 6.45) is 2.70. The first-order chi connectivity index (χ1) is 8.62. The minimum atomic E-state index is -0.119. The Hall–Kier alpha value is -0.820. The van der Waals surface area contributed by atoms with E-state index in [0.29, 0.717) is 6.54 Å². The third kappa shape index (κ3) is 3.35. The fraction of sp³-hybridized carbons (Fsp3) is 0.500. The number of nitrogens with zero attached hydrogens (tertiary/aromatic N) is 2. The van der Waals surface area contributed by atoms with Crippen LogP contribution in [0.25, 0.3) is 0 Å². The minimum Gasteiger partial charge on any atom is -0.330 e. The highest BCUT2D eigenvalue weighted by molar-refractivity contribution is 7.09. The molecule has 0 aromatic carbocycles. The highest BCUT2D eigenvalue weighted by atomic mass is 32.1. The van der Waals surface area contributed by atoms with Gasteiger partial charge >= 0.3 is 0 Å². The Labute approximate surface area is 115 Å². The van der Waals surface area contributed by atoms with E-state index in [-0.39, 0.29) is 5.54 Å². The standard InChI is InChI=1S/C12H18N4S2/c1-12(2,11-14-5-6-17-11)15-7-9-8-18-10(16-9)3-4-13/h5-6,8,15H,3-4,7,13H2,1-2H3. The zero-order valence-electron chi connectivity index (χ0n) is 10.6. The maximum absolute atomic E-state index is 5.52. The molecule has 4 nitrogen and oxygen atoms in total. The molecule has 2 rings (SSSR count). The van der Waals surface area contributed by atoms with Crippen LogP contribution < -0.4 is 11.1 Å². The molecule has 0 bridgehead atoms. The number of nitrogens with two attached hydrogens (primary N) is 1. The Morgan fingerprint density at radius 2 is 2.22 bits per heavy atom. The van der Waals surface area contributed by atoms with Crippen molar-refractivity contribution in [1.29, 1.82) is 0 Å². The molecule has 2 aromatic rings. The van der Waals surface area contributed by atoms with Crippen molar-refractivity contribution < 1.29 is 0 Å². The topological polar surface area (TPSA) is 63.8 Å². The molecule has 6 heteroatoms. The maximum Gasteiger partial charge on any atom is 0.112 e. The van der Waals surface area contributed by atoms with Crippen molar-refractivity contribution >= 4 is 22.7 Å². The molecule has 0 saturated carbocycles. The largest absolute Gasteiger partial charge is 0.330 e. The lowest BCUT2D eigenvalue weighted by molar-refractivity contribution is 0.397. The van der Waals surface area contributed by atoms with Gasteiger partial charge in [0.1, 0.15) is 5.01 Å². The van der Waals surface area contributed by atoms with Gasteiger partial charge < -0.3 is 11.1 Å². The normalized spacial score (nSPS) is 11.9. The third-order valence-corrected chi connectivity index (χ3v) is 4.69. The monoisotopic (exact) mass is 282 g/mol. The summed E-state index contributed by atoms with van der Waals surface area (Å²) in [5, 5.41) is 9.80. The smallest absolute Gasteiger partial charge is 0.112 e. The second-order valence-electron chi connectivity index (χ2n) is 4.59. The zero-order chi connectivity index (χ0) is 13.0. The van der Waals surface area contributed by atoms with Crippen molar-refractivity contribution in [3.63, 3.8) is 0 Å². The molecule has 18 heavy (non-hydrogen) atoms. The van der Waals surface area contributed by atoms with E-state index >= 15 is 0 Å². The van der Waals surface area contributed by atoms with Crippen LogP contribution in [-0.2, 0) is 18.5 Å². The van der Waals surface area contributed by atoms with Crippen LogP contribution in [0, 0.1) is 0 Å². The van der Waals surface area contributed by atoms with Crippen LogP contribution in [0.4, 0.5) is 0 Å². The fourth-order valence-corrected chi connectivity index (χ4v) is 3.14. The summed E-state index contributed by atoms with van der Waals surface area (Å²) in [5.41, 5.74) is 6.48. The van der Waals surface area contributed by atoms with E-state index in [0.717, 1.165) is 28.7 Å². The van der Waals surface area contributed by atoms with Crippen molar-refractivity contribution in [2.75, 3.05) is 6.54 Å². The zero-order valence-corrected chi connectivity index (χ0v) is 12.3. The minimum absolute atomic E-state index is 0.119. The van der Waals surface area contributed by atoms with Gasteiger partial charge in [-0.3, -0.25) is 0 Å². The highest BCUT2D eigenvalue weighted by Gasteiger charge is 2.22. The Bertz CT molecular complexity index is 476. The van der Waals surface area contributed by atoms with Gasteiger partial charge in [-0.25, -0.2) is 9.97 Å². The third-order valence-electron chi connectivity index (χ3n) is 2.64. The molecule has 0 atom stereocenters. The summed E-state index contributed by atoms with van der Waals surface area (Å²) in [6, 6.07) is 0. The lowest BCUT2D eigenvalue weighted by Crippen LogP contribution is -2.35. The van der Waals surface area contributed by atoms with Gasteiger partial charge in [-0.05, 0) is 20.4 Å². The summed E-state index contributed by atoms with van der Waals surface area (Å²) in [7, 11) is 0. The van der Waals surface area contributed by atoms with E-state index in [9.17, 15) is 0 Å². The molecule has 0 aliphatic rings. The molecular weight excluding hydrogens is 264 g/mol. The van der Waals surface area contributed by atoms with E-state index < -0.39 is 0 Å². The molecular formula is C12H18N4S2. The van der Waals surface area contributed by atoms with Gasteiger partial charge in [-0.2, -0.15) is 0 Å². The molecule has 3 N–H and O–H groups in total. The first kappa shape index (κ1) is 13.6. The van der Waals surface area contributed by atoms with Crippen LogP contribution in [0.15, 0.2) is 17.0 Å². The predicted molar refractivity (Wildman–Crippen MR) is 76.9 cm³/mol. The summed E-state index contributed by atoms with van der Waals surface area (Å²) >= 11 is 3.35. The van der Waals surface area contributed by atoms with Crippen molar-refractivity contribution in [3.8, 4) is 0 Å². The van der Waals surface area contributed by atoms with E-state index in [1.807, 2.05) is 11.6 Å². The summed E-state index contributed by atoms with van der Waals surface area (Å²) < 4.78 is 0. The molecule has 0 amide bonds. The van der Waals surface area contributed by atoms with Crippen LogP contribution in [0.1, 0.15) is 29.6 Å². The van der Waals surface area contributed by atoms with Gasteiger partial charge in [0, 0.05) is 29.9 Å². The van der Waals surface area contributed by atoms with Gasteiger partial charge in [-0.1, -0.05) is 0 Å². The van der Waals surface area contributed by atoms with E-state index in [2.05, 4.69) is 34.5 Å². The van der Waals surface area contributed by atoms with Crippen LogP contribution in [-0.4, -0.2) is 16.5 Å². The first-order valence-corrected chi connectivity index (χ1v) is 7.66. The highest BCUT2D eigenvalue weighted by Crippen LogP contribution is 2.22. The fourth-order valence-electron chi connectivity index (χ4n) is 1.59. The number of hydrogen-bond donors (Lipinski definition) is 2. The van der Waals surface area contributed by atoms with Crippen LogP contribution in [0.2, 0.25) is 0 Å². The Balaban J connectivity index is 1.94. The summed E-state index contributed by atoms with van der Waals surface area (Å²) in [4.78, 5) is 8.90. The lowest BCUT2D eigenvalue weighted by Gasteiger charge is -2.23. The van der Waals surface area contributed by atoms with E-state index in [4.69, 9.17) is 5.73 Å². The molecule has 0 aliphatic heterocycles. The molecule has 2 aromatic heterocycles. The second-order valence-corrected chi connectivity index (χ2v) is 6.42. The van der Waals surface area contributed by atoms with Crippen LogP contribution in [0.3, 0.4) is 0 Å². The molecule has 0 radical (unpaired) electrons. The van der Waals surface area contributed by atoms with Crippen molar-refractivity contribution in [2.45, 2.75) is 32.4 Å². The number of thiazole rings is 2. The van der Waals surface area contributed by atoms with Gasteiger partial charge in [0.05, 0.1) is 16.2 Å². The molecule has 0 unspecified atom stereocenters. The number of hydrogen-bond acceptors (Lipinski definition) is 6. The molecule has 0 aliphatic carbocycles. The average molecular weight is 282 g/mol. The number of aromatic nitrogens is 2. The quantitative estimate of drug-likeness (QED) is 0.852. The Kier molecular flexibility index (Phi) is 4.45. The second kappa shape index (κ2) is 5.88. The number of nitrogens with one attached hydrogen (secondary N) is 1. The average Bonchev–Trinajstić information content (AvgIpc) is 2.98. The lowest BCUT2D eigenvalue weighted by atomic mass is 10.1. The molecule has 2 heterocycles. The van der Waals surface area contributed by atoms with Gasteiger partial charge in [0.25, 0.3) is 0 Å². The van der Waals surface area contributed by atoms with Gasteiger partial charge in [-0.15, -0.1) is 22.7 Å². The van der Waals surface area contributed by atoms with E-state index in [1.165, 1.54) is 0 Å². The van der Waals surface area contributed by atoms with Crippen LogP contribution in [0.5, 0.6) is 0 Å². The van der Waals surface area contributed by atoms with E-state index in [1.54, 1.807) is 22.7 Å². The van der Waals surface area contributed by atoms with Crippen molar-refractivity contribution in [3.05, 3.63) is 32.7 Å². The summed E-state index contributed by atoms with van der Waals surface area (Å²) in [6.45, 7) is 5.69. The molecule has 98 valence electrons. The number of rotatable bonds is 6. The predicted octanol–water partition coefficient (Wildman–Crippen LogP) is 2.13. The summed E-state index contributed by atoms with van der Waals surface area (Å²) in [5.74, 6) is 0. The van der Waals surface area contributed by atoms with Gasteiger partial charge in [0.2, 0.25) is 0 Å². The van der Waals surface area contributed by atoms with Crippen molar-refractivity contribution in [1.82, 2.24) is 15.3 Å². The first-order valence-electron chi connectivity index (χ1n) is 5.90. The maximum atomic E-state index is 5.52. The SMILES string of the molecule is CC(C)(NCc1csc(CCN)n1)c1nccs1.